The van der Waals surface area contributed by atoms with E-state index in [-0.39, 0.29) is 6.71 Å². The van der Waals surface area contributed by atoms with Crippen molar-refractivity contribution in [3.8, 4) is 11.1 Å². The monoisotopic (exact) mass is 686 g/mol. The minimum atomic E-state index is 0.257. The van der Waals surface area contributed by atoms with Crippen molar-refractivity contribution >= 4 is 81.5 Å². The number of allylic oxidation sites excluding steroid dienone is 2. The van der Waals surface area contributed by atoms with E-state index in [1.54, 1.807) is 0 Å². The molecule has 0 fully saturated rings. The van der Waals surface area contributed by atoms with Crippen LogP contribution in [0.4, 0.5) is 22.7 Å². The van der Waals surface area contributed by atoms with Crippen LogP contribution in [-0.2, 0) is 0 Å². The van der Waals surface area contributed by atoms with Crippen LogP contribution in [0.15, 0.2) is 161 Å². The summed E-state index contributed by atoms with van der Waals surface area (Å²) in [6.45, 7) is 0.257. The van der Waals surface area contributed by atoms with Crippen LogP contribution in [0.2, 0.25) is 0 Å². The van der Waals surface area contributed by atoms with Gasteiger partial charge in [-0.15, -0.1) is 0 Å². The molecule has 6 aromatic rings. The molecule has 4 aliphatic rings. The predicted octanol–water partition coefficient (Wildman–Crippen LogP) is 7.38. The van der Waals surface area contributed by atoms with Crippen molar-refractivity contribution in [2.45, 2.75) is 35.5 Å². The second-order valence-electron chi connectivity index (χ2n) is 12.7. The number of anilines is 4. The molecule has 0 amide bonds. The van der Waals surface area contributed by atoms with Gasteiger partial charge in [0.05, 0.1) is 0 Å². The van der Waals surface area contributed by atoms with Gasteiger partial charge < -0.3 is 0 Å². The average Bonchev–Trinajstić information content (AvgIpc) is 3.14. The summed E-state index contributed by atoms with van der Waals surface area (Å²) in [5.74, 6) is 0. The van der Waals surface area contributed by atoms with Gasteiger partial charge >= 0.3 is 258 Å². The average molecular weight is 686 g/mol. The standard InChI is InChI=1S/C42H31BN2SSe/c1-3-12-28(13-4-1)29-22-25-40-33(26-29)43-32-24-23-31(27-39(32)46-38-20-11-21-41(47-40)42(38)43)45-36-18-9-7-16-34(36)44(30-14-5-2-6-15-30)35-17-8-10-19-37(35)45/h1-7,9,11-16,18,20-27H,8,10,17,19H2. The zero-order chi connectivity index (χ0) is 30.9. The molecule has 0 radical (unpaired) electrons. The fraction of sp³-hybridized carbons (Fsp3) is 0.0952. The van der Waals surface area contributed by atoms with Gasteiger partial charge in [-0.1, -0.05) is 18.2 Å². The summed E-state index contributed by atoms with van der Waals surface area (Å²) in [6.07, 6.45) is 4.63. The number of hydrogen-bond acceptors (Lipinski definition) is 3. The molecule has 0 N–H and O–H groups in total. The molecular weight excluding hydrogens is 654 g/mol. The summed E-state index contributed by atoms with van der Waals surface area (Å²) in [7, 11) is 0. The molecule has 0 unspecified atom stereocenters. The number of nitrogens with zero attached hydrogens (tertiary/aromatic N) is 2. The third kappa shape index (κ3) is 4.41. The summed E-state index contributed by atoms with van der Waals surface area (Å²) >= 11 is 2.27. The molecular formula is C42H31BN2SSe. The predicted molar refractivity (Wildman–Crippen MR) is 201 cm³/mol. The van der Waals surface area contributed by atoms with Gasteiger partial charge in [0.2, 0.25) is 0 Å². The van der Waals surface area contributed by atoms with Crippen molar-refractivity contribution in [3.63, 3.8) is 0 Å². The Morgan fingerprint density at radius 1 is 0.511 bits per heavy atom. The number of hydrogen-bond donors (Lipinski definition) is 0. The van der Waals surface area contributed by atoms with E-state index in [0.717, 1.165) is 12.8 Å². The number of benzene rings is 6. The SMILES string of the molecule is c1ccc(-c2ccc3c(c2)B2c4ccc(N5C6=C(CCCC6)N(c6ccccc6)c6ccccc65)cc4Sc4cccc(c42)[Se]3)cc1. The second kappa shape index (κ2) is 11.1. The van der Waals surface area contributed by atoms with E-state index in [1.165, 1.54) is 93.2 Å². The van der Waals surface area contributed by atoms with Crippen molar-refractivity contribution < 1.29 is 0 Å². The maximum absolute atomic E-state index is 2.58. The Labute approximate surface area is 287 Å². The summed E-state index contributed by atoms with van der Waals surface area (Å²) < 4.78 is 3.04. The molecule has 3 heterocycles. The van der Waals surface area contributed by atoms with E-state index < -0.39 is 0 Å². The molecule has 0 saturated heterocycles. The van der Waals surface area contributed by atoms with Crippen molar-refractivity contribution in [1.29, 1.82) is 0 Å². The minimum absolute atomic E-state index is 0.257. The van der Waals surface area contributed by atoms with Crippen LogP contribution in [0.5, 0.6) is 0 Å². The summed E-state index contributed by atoms with van der Waals surface area (Å²) in [4.78, 5) is 7.91. The zero-order valence-electron chi connectivity index (χ0n) is 25.9. The maximum atomic E-state index is 2.58. The topological polar surface area (TPSA) is 6.48 Å². The van der Waals surface area contributed by atoms with Crippen molar-refractivity contribution in [3.05, 3.63) is 151 Å². The van der Waals surface area contributed by atoms with Crippen LogP contribution >= 0.6 is 11.8 Å². The summed E-state index contributed by atoms with van der Waals surface area (Å²) in [5.41, 5.74) is 15.0. The molecule has 0 saturated carbocycles. The number of rotatable bonds is 3. The van der Waals surface area contributed by atoms with Crippen LogP contribution in [0.25, 0.3) is 11.1 Å². The molecule has 1 aliphatic carbocycles. The van der Waals surface area contributed by atoms with E-state index >= 15 is 0 Å². The van der Waals surface area contributed by atoms with Gasteiger partial charge in [-0.25, -0.2) is 0 Å². The molecule has 0 atom stereocenters. The van der Waals surface area contributed by atoms with Gasteiger partial charge in [-0.3, -0.25) is 0 Å². The molecule has 0 spiro atoms. The first kappa shape index (κ1) is 27.7. The molecule has 6 aromatic carbocycles. The van der Waals surface area contributed by atoms with Crippen LogP contribution in [0.1, 0.15) is 25.7 Å². The zero-order valence-corrected chi connectivity index (χ0v) is 28.4. The van der Waals surface area contributed by atoms with E-state index in [2.05, 4.69) is 149 Å². The van der Waals surface area contributed by atoms with Crippen LogP contribution in [0.3, 0.4) is 0 Å². The molecule has 2 nitrogen and oxygen atoms in total. The number of fused-ring (bicyclic) bond motifs is 5. The molecule has 0 bridgehead atoms. The molecule has 5 heteroatoms. The first-order chi connectivity index (χ1) is 23.3. The third-order valence-electron chi connectivity index (χ3n) is 10.1. The Kier molecular flexibility index (Phi) is 6.54. The second-order valence-corrected chi connectivity index (χ2v) is 16.1. The molecule has 47 heavy (non-hydrogen) atoms. The van der Waals surface area contributed by atoms with Crippen LogP contribution in [-0.4, -0.2) is 21.7 Å². The Morgan fingerprint density at radius 2 is 1.21 bits per heavy atom. The van der Waals surface area contributed by atoms with Gasteiger partial charge in [-0.05, 0) is 12.1 Å². The van der Waals surface area contributed by atoms with E-state index in [9.17, 15) is 0 Å². The van der Waals surface area contributed by atoms with Gasteiger partial charge in [0.25, 0.3) is 0 Å². The van der Waals surface area contributed by atoms with Gasteiger partial charge in [-0.2, -0.15) is 0 Å². The first-order valence-corrected chi connectivity index (χ1v) is 19.1. The Hall–Kier alpha value is -4.41. The van der Waals surface area contributed by atoms with Gasteiger partial charge in [0, 0.05) is 0 Å². The molecule has 0 aromatic heterocycles. The van der Waals surface area contributed by atoms with Crippen LogP contribution < -0.4 is 35.1 Å². The van der Waals surface area contributed by atoms with Gasteiger partial charge in [0.1, 0.15) is 0 Å². The van der Waals surface area contributed by atoms with Gasteiger partial charge in [0.15, 0.2) is 0 Å². The molecule has 10 rings (SSSR count). The molecule has 3 aliphatic heterocycles. The third-order valence-corrected chi connectivity index (χ3v) is 13.7. The first-order valence-electron chi connectivity index (χ1n) is 16.6. The fourth-order valence-corrected chi connectivity index (χ4v) is 11.8. The van der Waals surface area contributed by atoms with Crippen molar-refractivity contribution in [2.75, 3.05) is 9.80 Å². The van der Waals surface area contributed by atoms with E-state index in [0.29, 0.717) is 15.0 Å². The Balaban J connectivity index is 1.13. The molecule has 224 valence electrons. The van der Waals surface area contributed by atoms with E-state index in [1.807, 2.05) is 11.8 Å². The van der Waals surface area contributed by atoms with Crippen molar-refractivity contribution in [1.82, 2.24) is 0 Å². The quantitative estimate of drug-likeness (QED) is 0.180. The Bertz CT molecular complexity index is 2230. The Morgan fingerprint density at radius 3 is 1.98 bits per heavy atom. The normalized spacial score (nSPS) is 15.8. The van der Waals surface area contributed by atoms with Crippen LogP contribution in [0, 0.1) is 0 Å². The fourth-order valence-electron chi connectivity index (χ4n) is 8.02. The summed E-state index contributed by atoms with van der Waals surface area (Å²) in [5, 5.41) is 0. The van der Waals surface area contributed by atoms with Crippen molar-refractivity contribution in [2.24, 2.45) is 0 Å². The number of para-hydroxylation sites is 3. The summed E-state index contributed by atoms with van der Waals surface area (Å²) in [6, 6.07) is 52.3. The van der Waals surface area contributed by atoms with E-state index in [4.69, 9.17) is 0 Å².